The third kappa shape index (κ3) is 52.4. The van der Waals surface area contributed by atoms with Crippen molar-refractivity contribution in [3.63, 3.8) is 0 Å². The molecule has 25 nitrogen and oxygen atoms in total. The molecule has 1 saturated carbocycles. The summed E-state index contributed by atoms with van der Waals surface area (Å²) < 4.78 is 73.6. The second-order valence-corrected chi connectivity index (χ2v) is 36.4. The van der Waals surface area contributed by atoms with Gasteiger partial charge in [-0.2, -0.15) is 0 Å². The first-order valence-electron chi connectivity index (χ1n) is 48.8. The number of carbonyl (C=O) groups excluding carboxylic acids is 4. The molecular weight excluding hydrogens is 1550 g/mol. The Morgan fingerprint density at radius 3 is 0.916 bits per heavy atom. The normalized spacial score (nSPS) is 24.8. The highest BCUT2D eigenvalue weighted by atomic mass is 31.2. The van der Waals surface area contributed by atoms with Crippen LogP contribution in [0, 0.1) is 0 Å². The maximum Gasteiger partial charge on any atom is 0.472 e. The van der Waals surface area contributed by atoms with Gasteiger partial charge < -0.3 is 88.7 Å². The fraction of sp³-hybridized carbons (Fsp3) is 0.957. The van der Waals surface area contributed by atoms with E-state index in [1.54, 1.807) is 0 Å². The maximum absolute atomic E-state index is 14.9. The van der Waals surface area contributed by atoms with Crippen molar-refractivity contribution in [3.05, 3.63) is 0 Å². The minimum Gasteiger partial charge on any atom is -0.463 e. The Hall–Kier alpha value is -2.53. The van der Waals surface area contributed by atoms with Gasteiger partial charge in [0.25, 0.3) is 0 Å². The van der Waals surface area contributed by atoms with Crippen molar-refractivity contribution >= 4 is 31.7 Å². The van der Waals surface area contributed by atoms with Crippen LogP contribution in [0.2, 0.25) is 0 Å². The Morgan fingerprint density at radius 2 is 0.580 bits per heavy atom. The monoisotopic (exact) mass is 1720 g/mol. The minimum atomic E-state index is -5.80. The standard InChI is InChI=1S/C93H175O25P/c1-5-9-13-17-21-25-29-33-36-39-43-47-51-55-59-63-67-78(97)112-73(70-109-76(95)65-61-57-53-49-45-41-32-28-24-20-16-12-8-4)71-111-119(107,108)118-91-89(116-92-86(105)82(101)80(99)74(69-94)113-92)85(104)84(103)88(115-79(98)68-64-60-56-52-48-44-40-37-34-30-26-22-18-14-10-6-2)90(91)117-93-87(106)83(102)81(100)75(114-93)72-110-77(96)66-62-58-54-50-46-42-38-35-31-27-23-19-15-11-7-3/h73-75,80-94,99-106H,5-72H2,1-4H3,(H,107,108). The highest BCUT2D eigenvalue weighted by Crippen LogP contribution is 2.49. The van der Waals surface area contributed by atoms with Gasteiger partial charge in [-0.1, -0.05) is 387 Å². The van der Waals surface area contributed by atoms with Crippen LogP contribution in [0.25, 0.3) is 0 Å². The number of aliphatic hydroxyl groups excluding tert-OH is 9. The van der Waals surface area contributed by atoms with E-state index in [1.165, 1.54) is 225 Å². The van der Waals surface area contributed by atoms with Crippen LogP contribution in [0.4, 0.5) is 0 Å². The van der Waals surface area contributed by atoms with Crippen LogP contribution < -0.4 is 0 Å². The molecule has 0 radical (unpaired) electrons. The number of phosphoric acid groups is 1. The van der Waals surface area contributed by atoms with E-state index < -0.39 is 162 Å². The highest BCUT2D eigenvalue weighted by molar-refractivity contribution is 7.47. The molecule has 3 rings (SSSR count). The van der Waals surface area contributed by atoms with Gasteiger partial charge in [-0.05, 0) is 25.7 Å². The summed E-state index contributed by atoms with van der Waals surface area (Å²) in [6.07, 6.45) is 30.7. The molecule has 2 aliphatic heterocycles. The summed E-state index contributed by atoms with van der Waals surface area (Å²) in [5.41, 5.74) is 0. The minimum absolute atomic E-state index is 0.0204. The number of unbranched alkanes of at least 4 members (excludes halogenated alkanes) is 56. The first-order valence-corrected chi connectivity index (χ1v) is 50.3. The summed E-state index contributed by atoms with van der Waals surface area (Å²) in [6, 6.07) is 0. The molecule has 0 amide bonds. The van der Waals surface area contributed by atoms with E-state index in [1.807, 2.05) is 0 Å². The number of rotatable bonds is 80. The number of hydrogen-bond acceptors (Lipinski definition) is 24. The van der Waals surface area contributed by atoms with Crippen LogP contribution in [-0.2, 0) is 70.7 Å². The van der Waals surface area contributed by atoms with E-state index in [0.717, 1.165) is 128 Å². The summed E-state index contributed by atoms with van der Waals surface area (Å²) in [5.74, 6) is -2.94. The van der Waals surface area contributed by atoms with Gasteiger partial charge >= 0.3 is 31.7 Å². The highest BCUT2D eigenvalue weighted by Gasteiger charge is 2.60. The summed E-state index contributed by atoms with van der Waals surface area (Å²) in [7, 11) is -5.80. The van der Waals surface area contributed by atoms with Crippen LogP contribution in [0.3, 0.4) is 0 Å². The van der Waals surface area contributed by atoms with Crippen LogP contribution >= 0.6 is 7.82 Å². The molecule has 18 unspecified atom stereocenters. The molecule has 0 aromatic heterocycles. The molecule has 2 saturated heterocycles. The molecule has 3 fully saturated rings. The first-order chi connectivity index (χ1) is 57.7. The number of carbonyl (C=O) groups is 4. The van der Waals surface area contributed by atoms with Gasteiger partial charge in [0.1, 0.15) is 92.6 Å². The van der Waals surface area contributed by atoms with Crippen molar-refractivity contribution in [1.82, 2.24) is 0 Å². The number of esters is 4. The van der Waals surface area contributed by atoms with E-state index in [2.05, 4.69) is 27.7 Å². The van der Waals surface area contributed by atoms with Crippen LogP contribution in [0.1, 0.15) is 439 Å². The summed E-state index contributed by atoms with van der Waals surface area (Å²) in [4.78, 5) is 66.5. The molecule has 702 valence electrons. The average Bonchev–Trinajstić information content (AvgIpc) is 0.754. The molecule has 0 spiro atoms. The van der Waals surface area contributed by atoms with E-state index in [9.17, 15) is 74.6 Å². The second-order valence-electron chi connectivity index (χ2n) is 35.0. The number of aliphatic hydroxyl groups is 9. The molecule has 3 aliphatic rings. The van der Waals surface area contributed by atoms with E-state index in [0.29, 0.717) is 32.1 Å². The molecule has 0 bridgehead atoms. The van der Waals surface area contributed by atoms with Crippen molar-refractivity contribution in [2.45, 2.75) is 543 Å². The van der Waals surface area contributed by atoms with Crippen LogP contribution in [0.5, 0.6) is 0 Å². The fourth-order valence-corrected chi connectivity index (χ4v) is 17.3. The molecule has 119 heavy (non-hydrogen) atoms. The number of phosphoric ester groups is 1. The van der Waals surface area contributed by atoms with Gasteiger partial charge in [0.2, 0.25) is 0 Å². The lowest BCUT2D eigenvalue weighted by Gasteiger charge is -2.50. The van der Waals surface area contributed by atoms with Gasteiger partial charge in [-0.3, -0.25) is 28.2 Å². The third-order valence-corrected chi connectivity index (χ3v) is 25.1. The lowest BCUT2D eigenvalue weighted by Crippen LogP contribution is -2.70. The van der Waals surface area contributed by atoms with Crippen molar-refractivity contribution in [2.24, 2.45) is 0 Å². The zero-order valence-corrected chi connectivity index (χ0v) is 75.8. The van der Waals surface area contributed by atoms with Gasteiger partial charge in [0.15, 0.2) is 24.8 Å². The van der Waals surface area contributed by atoms with Crippen LogP contribution in [0.15, 0.2) is 0 Å². The van der Waals surface area contributed by atoms with Crippen molar-refractivity contribution in [1.29, 1.82) is 0 Å². The van der Waals surface area contributed by atoms with E-state index in [4.69, 9.17) is 46.9 Å². The SMILES string of the molecule is CCCCCCCCCCCCCCCCCCC(=O)OC(COC(=O)CCCCCCCCCCCCCCC)COP(=O)(O)OC1C(OC2OC(CO)C(O)C(O)C2O)C(O)C(O)C(OC(=O)CCCCCCCCCCCCCCCCCC)C1OC1OC(COC(=O)CCCCCCCCCCCCCCCCC)C(O)C(O)C1O. The van der Waals surface area contributed by atoms with E-state index in [-0.39, 0.29) is 25.7 Å². The average molecular weight is 1720 g/mol. The topological polar surface area (TPSA) is 380 Å². The predicted octanol–water partition coefficient (Wildman–Crippen LogP) is 18.6. The first kappa shape index (κ1) is 111. The summed E-state index contributed by atoms with van der Waals surface area (Å²) >= 11 is 0. The Labute approximate surface area is 719 Å². The van der Waals surface area contributed by atoms with Crippen LogP contribution in [-0.4, -0.2) is 205 Å². The molecule has 26 heteroatoms. The molecule has 0 aromatic carbocycles. The Balaban J connectivity index is 1.90. The molecule has 18 atom stereocenters. The lowest BCUT2D eigenvalue weighted by molar-refractivity contribution is -0.360. The summed E-state index contributed by atoms with van der Waals surface area (Å²) in [6.45, 7) is 5.66. The van der Waals surface area contributed by atoms with Gasteiger partial charge in [-0.25, -0.2) is 4.57 Å². The molecule has 2 heterocycles. The second kappa shape index (κ2) is 72.5. The number of hydrogen-bond donors (Lipinski definition) is 10. The summed E-state index contributed by atoms with van der Waals surface area (Å²) in [5, 5.41) is 102. The Kier molecular flexibility index (Phi) is 67.4. The molecular formula is C93H175O25P. The van der Waals surface area contributed by atoms with E-state index >= 15 is 0 Å². The van der Waals surface area contributed by atoms with Crippen molar-refractivity contribution in [3.8, 4) is 0 Å². The molecule has 10 N–H and O–H groups in total. The molecule has 1 aliphatic carbocycles. The zero-order valence-electron chi connectivity index (χ0n) is 74.9. The quantitative estimate of drug-likeness (QED) is 0.0117. The zero-order chi connectivity index (χ0) is 86.8. The Morgan fingerprint density at radius 1 is 0.303 bits per heavy atom. The maximum atomic E-state index is 14.9. The predicted molar refractivity (Wildman–Crippen MR) is 463 cm³/mol. The van der Waals surface area contributed by atoms with Gasteiger partial charge in [-0.15, -0.1) is 0 Å². The number of ether oxygens (including phenoxy) is 8. The van der Waals surface area contributed by atoms with Crippen molar-refractivity contribution < 1.29 is 122 Å². The molecule has 0 aromatic rings. The third-order valence-electron chi connectivity index (χ3n) is 24.1. The van der Waals surface area contributed by atoms with Gasteiger partial charge in [0, 0.05) is 25.7 Å². The largest absolute Gasteiger partial charge is 0.472 e. The lowest BCUT2D eigenvalue weighted by atomic mass is 9.84. The van der Waals surface area contributed by atoms with Crippen molar-refractivity contribution in [2.75, 3.05) is 26.4 Å². The fourth-order valence-electron chi connectivity index (χ4n) is 16.4. The van der Waals surface area contributed by atoms with Gasteiger partial charge in [0.05, 0.1) is 13.2 Å². The Bertz CT molecular complexity index is 2470. The smallest absolute Gasteiger partial charge is 0.463 e.